The first-order valence-electron chi connectivity index (χ1n) is 6.19. The highest BCUT2D eigenvalue weighted by molar-refractivity contribution is 9.10. The quantitative estimate of drug-likeness (QED) is 0.539. The van der Waals surface area contributed by atoms with E-state index in [1.807, 2.05) is 30.0 Å². The summed E-state index contributed by atoms with van der Waals surface area (Å²) in [6, 6.07) is 18.7. The van der Waals surface area contributed by atoms with Crippen molar-refractivity contribution in [3.63, 3.8) is 0 Å². The van der Waals surface area contributed by atoms with E-state index in [0.717, 1.165) is 20.9 Å². The molecule has 0 aliphatic carbocycles. The second kappa shape index (κ2) is 6.57. The van der Waals surface area contributed by atoms with Crippen molar-refractivity contribution in [1.82, 2.24) is 4.98 Å². The molecule has 3 aromatic rings. The molecule has 1 heterocycles. The summed E-state index contributed by atoms with van der Waals surface area (Å²) in [4.78, 5) is 5.97. The van der Waals surface area contributed by atoms with Gasteiger partial charge in [-0.1, -0.05) is 46.3 Å². The Bertz CT molecular complexity index is 677. The maximum atomic E-state index is 4.70. The standard InChI is InChI=1S/C16H12BrNS2/c17-13-6-8-14(9-7-13)19-11-16-18-15(10-20-16)12-4-2-1-3-5-12/h1-10H,11H2. The number of thiazole rings is 1. The van der Waals surface area contributed by atoms with Crippen molar-refractivity contribution >= 4 is 39.0 Å². The summed E-state index contributed by atoms with van der Waals surface area (Å²) in [5, 5.41) is 3.30. The molecule has 0 bridgehead atoms. The van der Waals surface area contributed by atoms with Gasteiger partial charge in [0.25, 0.3) is 0 Å². The number of halogens is 1. The molecule has 0 spiro atoms. The third kappa shape index (κ3) is 3.51. The van der Waals surface area contributed by atoms with Crippen LogP contribution in [-0.4, -0.2) is 4.98 Å². The molecule has 1 aromatic heterocycles. The Morgan fingerprint density at radius 2 is 1.75 bits per heavy atom. The van der Waals surface area contributed by atoms with Crippen LogP contribution in [0, 0.1) is 0 Å². The number of nitrogens with zero attached hydrogens (tertiary/aromatic N) is 1. The number of rotatable bonds is 4. The van der Waals surface area contributed by atoms with Gasteiger partial charge in [-0.2, -0.15) is 0 Å². The van der Waals surface area contributed by atoms with Crippen molar-refractivity contribution in [3.05, 3.63) is 69.5 Å². The molecular weight excluding hydrogens is 350 g/mol. The first-order valence-corrected chi connectivity index (χ1v) is 8.85. The van der Waals surface area contributed by atoms with E-state index in [4.69, 9.17) is 4.98 Å². The third-order valence-electron chi connectivity index (χ3n) is 2.80. The van der Waals surface area contributed by atoms with Gasteiger partial charge in [0.2, 0.25) is 0 Å². The van der Waals surface area contributed by atoms with Crippen LogP contribution >= 0.6 is 39.0 Å². The lowest BCUT2D eigenvalue weighted by Crippen LogP contribution is -1.81. The molecule has 0 aliphatic heterocycles. The fraction of sp³-hybridized carbons (Fsp3) is 0.0625. The van der Waals surface area contributed by atoms with Gasteiger partial charge in [-0.15, -0.1) is 23.1 Å². The van der Waals surface area contributed by atoms with Crippen LogP contribution < -0.4 is 0 Å². The van der Waals surface area contributed by atoms with E-state index >= 15 is 0 Å². The minimum Gasteiger partial charge on any atom is -0.240 e. The third-order valence-corrected chi connectivity index (χ3v) is 5.38. The van der Waals surface area contributed by atoms with Crippen molar-refractivity contribution in [1.29, 1.82) is 0 Å². The summed E-state index contributed by atoms with van der Waals surface area (Å²) in [7, 11) is 0. The Hall–Kier alpha value is -1.10. The summed E-state index contributed by atoms with van der Waals surface area (Å²) in [5.74, 6) is 0.916. The molecular formula is C16H12BrNS2. The number of benzene rings is 2. The molecule has 2 aromatic carbocycles. The van der Waals surface area contributed by atoms with Gasteiger partial charge in [0.05, 0.1) is 11.4 Å². The second-order valence-electron chi connectivity index (χ2n) is 4.24. The van der Waals surface area contributed by atoms with Crippen molar-refractivity contribution in [2.24, 2.45) is 0 Å². The fourth-order valence-electron chi connectivity index (χ4n) is 1.79. The van der Waals surface area contributed by atoms with Gasteiger partial charge < -0.3 is 0 Å². The SMILES string of the molecule is Brc1ccc(SCc2nc(-c3ccccc3)cs2)cc1. The molecule has 0 amide bonds. The highest BCUT2D eigenvalue weighted by Gasteiger charge is 2.04. The zero-order valence-corrected chi connectivity index (χ0v) is 13.8. The van der Waals surface area contributed by atoms with E-state index in [1.54, 1.807) is 11.3 Å². The normalized spacial score (nSPS) is 10.7. The second-order valence-corrected chi connectivity index (χ2v) is 7.14. The molecule has 100 valence electrons. The van der Waals surface area contributed by atoms with E-state index < -0.39 is 0 Å². The molecule has 0 N–H and O–H groups in total. The molecule has 0 saturated heterocycles. The Balaban J connectivity index is 1.67. The molecule has 0 saturated carbocycles. The Morgan fingerprint density at radius 1 is 1.00 bits per heavy atom. The highest BCUT2D eigenvalue weighted by Crippen LogP contribution is 2.28. The summed E-state index contributed by atoms with van der Waals surface area (Å²) < 4.78 is 1.11. The van der Waals surface area contributed by atoms with Crippen molar-refractivity contribution in [2.75, 3.05) is 0 Å². The lowest BCUT2D eigenvalue weighted by molar-refractivity contribution is 1.26. The molecule has 20 heavy (non-hydrogen) atoms. The van der Waals surface area contributed by atoms with Crippen LogP contribution in [0.5, 0.6) is 0 Å². The first-order chi connectivity index (χ1) is 9.81. The molecule has 4 heteroatoms. The zero-order valence-electron chi connectivity index (χ0n) is 10.6. The van der Waals surface area contributed by atoms with E-state index in [9.17, 15) is 0 Å². The van der Waals surface area contributed by atoms with Gasteiger partial charge >= 0.3 is 0 Å². The first kappa shape index (κ1) is 13.9. The van der Waals surface area contributed by atoms with Crippen LogP contribution in [0.2, 0.25) is 0 Å². The lowest BCUT2D eigenvalue weighted by atomic mass is 10.2. The summed E-state index contributed by atoms with van der Waals surface area (Å²) in [6.45, 7) is 0. The summed E-state index contributed by atoms with van der Waals surface area (Å²) in [5.41, 5.74) is 2.26. The maximum Gasteiger partial charge on any atom is 0.104 e. The van der Waals surface area contributed by atoms with Crippen LogP contribution in [0.15, 0.2) is 69.3 Å². The summed E-state index contributed by atoms with van der Waals surface area (Å²) in [6.07, 6.45) is 0. The number of thioether (sulfide) groups is 1. The van der Waals surface area contributed by atoms with Crippen molar-refractivity contribution in [2.45, 2.75) is 10.6 Å². The topological polar surface area (TPSA) is 12.9 Å². The van der Waals surface area contributed by atoms with Gasteiger partial charge in [-0.25, -0.2) is 4.98 Å². The van der Waals surface area contributed by atoms with Crippen LogP contribution in [-0.2, 0) is 5.75 Å². The number of hydrogen-bond acceptors (Lipinski definition) is 3. The van der Waals surface area contributed by atoms with Gasteiger partial charge in [0.15, 0.2) is 0 Å². The highest BCUT2D eigenvalue weighted by atomic mass is 79.9. The smallest absolute Gasteiger partial charge is 0.104 e. The van der Waals surface area contributed by atoms with Gasteiger partial charge in [0, 0.05) is 20.3 Å². The minimum absolute atomic E-state index is 0.916. The Morgan fingerprint density at radius 3 is 2.50 bits per heavy atom. The Kier molecular flexibility index (Phi) is 4.55. The molecule has 1 nitrogen and oxygen atoms in total. The number of aromatic nitrogens is 1. The van der Waals surface area contributed by atoms with Gasteiger partial charge in [-0.3, -0.25) is 0 Å². The summed E-state index contributed by atoms with van der Waals surface area (Å²) >= 11 is 6.99. The van der Waals surface area contributed by atoms with Crippen molar-refractivity contribution in [3.8, 4) is 11.3 Å². The number of hydrogen-bond donors (Lipinski definition) is 0. The van der Waals surface area contributed by atoms with Crippen LogP contribution in [0.1, 0.15) is 5.01 Å². The maximum absolute atomic E-state index is 4.70. The van der Waals surface area contributed by atoms with Gasteiger partial charge in [-0.05, 0) is 24.3 Å². The monoisotopic (exact) mass is 361 g/mol. The van der Waals surface area contributed by atoms with E-state index in [1.165, 1.54) is 10.5 Å². The average Bonchev–Trinajstić information content (AvgIpc) is 2.97. The molecule has 0 unspecified atom stereocenters. The molecule has 0 radical (unpaired) electrons. The zero-order chi connectivity index (χ0) is 13.8. The van der Waals surface area contributed by atoms with E-state index in [-0.39, 0.29) is 0 Å². The lowest BCUT2D eigenvalue weighted by Gasteiger charge is -1.99. The predicted molar refractivity (Wildman–Crippen MR) is 91.3 cm³/mol. The van der Waals surface area contributed by atoms with Gasteiger partial charge in [0.1, 0.15) is 5.01 Å². The fourth-order valence-corrected chi connectivity index (χ4v) is 3.78. The Labute approximate surface area is 135 Å². The largest absolute Gasteiger partial charge is 0.240 e. The molecule has 3 rings (SSSR count). The van der Waals surface area contributed by atoms with E-state index in [2.05, 4.69) is 57.7 Å². The average molecular weight is 362 g/mol. The van der Waals surface area contributed by atoms with E-state index in [0.29, 0.717) is 0 Å². The van der Waals surface area contributed by atoms with Crippen LogP contribution in [0.4, 0.5) is 0 Å². The molecule has 0 fully saturated rings. The van der Waals surface area contributed by atoms with Crippen molar-refractivity contribution < 1.29 is 0 Å². The van der Waals surface area contributed by atoms with Crippen LogP contribution in [0.3, 0.4) is 0 Å². The predicted octanol–water partition coefficient (Wildman–Crippen LogP) is 5.86. The minimum atomic E-state index is 0.916. The van der Waals surface area contributed by atoms with Crippen LogP contribution in [0.25, 0.3) is 11.3 Å². The molecule has 0 aliphatic rings. The molecule has 0 atom stereocenters.